The van der Waals surface area contributed by atoms with E-state index in [1.54, 1.807) is 6.20 Å². The molecule has 0 radical (unpaired) electrons. The van der Waals surface area contributed by atoms with Crippen molar-refractivity contribution in [2.45, 2.75) is 5.09 Å². The number of rotatable bonds is 6. The van der Waals surface area contributed by atoms with Gasteiger partial charge in [0.15, 0.2) is 5.09 Å². The molecule has 2 heterocycles. The van der Waals surface area contributed by atoms with Crippen LogP contribution in [0.2, 0.25) is 5.02 Å². The molecular formula is C21H16ClN3O2S. The van der Waals surface area contributed by atoms with Crippen LogP contribution < -0.4 is 5.32 Å². The van der Waals surface area contributed by atoms with Crippen LogP contribution in [0.25, 0.3) is 22.6 Å². The number of carbonyl (C=O) groups excluding carboxylic acids is 1. The van der Waals surface area contributed by atoms with Crippen molar-refractivity contribution in [2.24, 2.45) is 0 Å². The minimum atomic E-state index is -0.0938. The van der Waals surface area contributed by atoms with Gasteiger partial charge in [-0.1, -0.05) is 35.5 Å². The largest absolute Gasteiger partial charge is 0.450 e. The summed E-state index contributed by atoms with van der Waals surface area (Å²) in [4.78, 5) is 12.2. The van der Waals surface area contributed by atoms with Crippen LogP contribution in [0, 0.1) is 0 Å². The molecule has 2 aromatic heterocycles. The number of aromatic amines is 1. The van der Waals surface area contributed by atoms with Crippen LogP contribution in [-0.4, -0.2) is 21.9 Å². The number of halogens is 1. The van der Waals surface area contributed by atoms with Crippen molar-refractivity contribution in [3.8, 4) is 22.6 Å². The summed E-state index contributed by atoms with van der Waals surface area (Å²) in [5.41, 5.74) is 3.63. The molecule has 4 rings (SSSR count). The molecule has 0 atom stereocenters. The number of amides is 1. The lowest BCUT2D eigenvalue weighted by Crippen LogP contribution is -2.13. The van der Waals surface area contributed by atoms with Gasteiger partial charge in [-0.2, -0.15) is 5.10 Å². The van der Waals surface area contributed by atoms with Gasteiger partial charge in [-0.3, -0.25) is 9.89 Å². The van der Waals surface area contributed by atoms with Crippen LogP contribution in [0.5, 0.6) is 0 Å². The number of benzene rings is 2. The first-order valence-electron chi connectivity index (χ1n) is 8.55. The first-order valence-corrected chi connectivity index (χ1v) is 9.92. The van der Waals surface area contributed by atoms with Crippen LogP contribution in [-0.2, 0) is 4.79 Å². The fraction of sp³-hybridized carbons (Fsp3) is 0.0476. The van der Waals surface area contributed by atoms with Gasteiger partial charge in [0.25, 0.3) is 0 Å². The summed E-state index contributed by atoms with van der Waals surface area (Å²) in [6.45, 7) is 0. The molecule has 0 fully saturated rings. The molecule has 0 aliphatic carbocycles. The molecule has 4 aromatic rings. The van der Waals surface area contributed by atoms with Gasteiger partial charge in [-0.25, -0.2) is 0 Å². The number of furan rings is 1. The molecule has 0 bridgehead atoms. The Kier molecular flexibility index (Phi) is 5.50. The number of aromatic nitrogens is 2. The third kappa shape index (κ3) is 4.47. The maximum atomic E-state index is 12.2. The monoisotopic (exact) mass is 409 g/mol. The summed E-state index contributed by atoms with van der Waals surface area (Å²) < 4.78 is 5.80. The van der Waals surface area contributed by atoms with E-state index in [4.69, 9.17) is 16.0 Å². The average Bonchev–Trinajstić information content (AvgIpc) is 3.40. The topological polar surface area (TPSA) is 70.9 Å². The fourth-order valence-corrected chi connectivity index (χ4v) is 3.44. The molecule has 5 nitrogen and oxygen atoms in total. The molecule has 2 N–H and O–H groups in total. The minimum Gasteiger partial charge on any atom is -0.450 e. The summed E-state index contributed by atoms with van der Waals surface area (Å²) >= 11 is 7.26. The summed E-state index contributed by atoms with van der Waals surface area (Å²) in [6.07, 6.45) is 1.70. The van der Waals surface area contributed by atoms with Gasteiger partial charge in [0.1, 0.15) is 5.76 Å². The van der Waals surface area contributed by atoms with E-state index in [9.17, 15) is 4.79 Å². The van der Waals surface area contributed by atoms with Crippen molar-refractivity contribution in [3.05, 3.63) is 77.9 Å². The van der Waals surface area contributed by atoms with Crippen LogP contribution in [0.15, 0.2) is 82.4 Å². The number of H-pyrrole nitrogens is 1. The first kappa shape index (κ1) is 18.4. The molecule has 0 saturated heterocycles. The molecule has 0 spiro atoms. The van der Waals surface area contributed by atoms with Gasteiger partial charge >= 0.3 is 0 Å². The highest BCUT2D eigenvalue weighted by molar-refractivity contribution is 7.99. The van der Waals surface area contributed by atoms with E-state index in [1.165, 1.54) is 11.8 Å². The lowest BCUT2D eigenvalue weighted by atomic mass is 10.1. The van der Waals surface area contributed by atoms with E-state index in [-0.39, 0.29) is 11.7 Å². The molecule has 0 saturated carbocycles. The predicted octanol–water partition coefficient (Wildman–Crippen LogP) is 5.72. The van der Waals surface area contributed by atoms with Crippen molar-refractivity contribution < 1.29 is 9.21 Å². The standard InChI is InChI=1S/C21H16ClN3O2S/c22-16-5-1-15(2-6-16)19-9-10-21(27-19)28-13-20(26)24-17-7-3-14(4-8-17)18-11-12-23-25-18/h1-12H,13H2,(H,23,25)(H,24,26). The average molecular weight is 410 g/mol. The number of thioether (sulfide) groups is 1. The fourth-order valence-electron chi connectivity index (χ4n) is 2.65. The highest BCUT2D eigenvalue weighted by atomic mass is 35.5. The Morgan fingerprint density at radius 3 is 2.46 bits per heavy atom. The molecule has 140 valence electrons. The zero-order valence-electron chi connectivity index (χ0n) is 14.7. The number of hydrogen-bond donors (Lipinski definition) is 2. The highest BCUT2D eigenvalue weighted by Gasteiger charge is 2.09. The van der Waals surface area contributed by atoms with Crippen molar-refractivity contribution in [2.75, 3.05) is 11.1 Å². The molecule has 2 aromatic carbocycles. The van der Waals surface area contributed by atoms with Crippen molar-refractivity contribution >= 4 is 35.0 Å². The number of nitrogens with one attached hydrogen (secondary N) is 2. The normalized spacial score (nSPS) is 10.8. The zero-order chi connectivity index (χ0) is 19.3. The Balaban J connectivity index is 1.31. The molecule has 28 heavy (non-hydrogen) atoms. The minimum absolute atomic E-state index is 0.0938. The van der Waals surface area contributed by atoms with Gasteiger partial charge in [0.2, 0.25) is 5.91 Å². The Bertz CT molecular complexity index is 1060. The van der Waals surface area contributed by atoms with Crippen LogP contribution in [0.1, 0.15) is 0 Å². The van der Waals surface area contributed by atoms with Crippen molar-refractivity contribution in [3.63, 3.8) is 0 Å². The third-order valence-electron chi connectivity index (χ3n) is 4.04. The van der Waals surface area contributed by atoms with Gasteiger partial charge in [0, 0.05) is 22.5 Å². The molecule has 0 aliphatic rings. The molecule has 0 aliphatic heterocycles. The van der Waals surface area contributed by atoms with E-state index in [1.807, 2.05) is 66.7 Å². The maximum absolute atomic E-state index is 12.2. The molecule has 7 heteroatoms. The third-order valence-corrected chi connectivity index (χ3v) is 5.20. The number of hydrogen-bond acceptors (Lipinski definition) is 4. The Morgan fingerprint density at radius 2 is 1.75 bits per heavy atom. The summed E-state index contributed by atoms with van der Waals surface area (Å²) in [7, 11) is 0. The first-order chi connectivity index (χ1) is 13.7. The molecule has 0 unspecified atom stereocenters. The Hall–Kier alpha value is -2.96. The smallest absolute Gasteiger partial charge is 0.234 e. The molecular weight excluding hydrogens is 394 g/mol. The zero-order valence-corrected chi connectivity index (χ0v) is 16.3. The second-order valence-electron chi connectivity index (χ2n) is 6.01. The Labute approximate surface area is 171 Å². The number of nitrogens with zero attached hydrogens (tertiary/aromatic N) is 1. The number of carbonyl (C=O) groups is 1. The summed E-state index contributed by atoms with van der Waals surface area (Å²) in [5, 5.41) is 11.1. The predicted molar refractivity (Wildman–Crippen MR) is 113 cm³/mol. The lowest BCUT2D eigenvalue weighted by molar-refractivity contribution is -0.113. The van der Waals surface area contributed by atoms with E-state index in [0.717, 1.165) is 28.3 Å². The quantitative estimate of drug-likeness (QED) is 0.399. The van der Waals surface area contributed by atoms with E-state index >= 15 is 0 Å². The van der Waals surface area contributed by atoms with E-state index in [2.05, 4.69) is 15.5 Å². The molecule has 1 amide bonds. The van der Waals surface area contributed by atoms with Gasteiger partial charge < -0.3 is 9.73 Å². The SMILES string of the molecule is O=C(CSc1ccc(-c2ccc(Cl)cc2)o1)Nc1ccc(-c2ccn[nH]2)cc1. The maximum Gasteiger partial charge on any atom is 0.234 e. The van der Waals surface area contributed by atoms with Gasteiger partial charge in [-0.15, -0.1) is 0 Å². The second-order valence-corrected chi connectivity index (χ2v) is 7.43. The van der Waals surface area contributed by atoms with E-state index in [0.29, 0.717) is 10.1 Å². The highest BCUT2D eigenvalue weighted by Crippen LogP contribution is 2.29. The van der Waals surface area contributed by atoms with Gasteiger partial charge in [0.05, 0.1) is 11.4 Å². The van der Waals surface area contributed by atoms with Crippen molar-refractivity contribution in [1.29, 1.82) is 0 Å². The van der Waals surface area contributed by atoms with Crippen LogP contribution in [0.4, 0.5) is 5.69 Å². The van der Waals surface area contributed by atoms with Gasteiger partial charge in [-0.05, 0) is 60.2 Å². The van der Waals surface area contributed by atoms with Crippen LogP contribution in [0.3, 0.4) is 0 Å². The second kappa shape index (κ2) is 8.37. The Morgan fingerprint density at radius 1 is 1.00 bits per heavy atom. The number of anilines is 1. The van der Waals surface area contributed by atoms with Crippen molar-refractivity contribution in [1.82, 2.24) is 10.2 Å². The summed E-state index contributed by atoms with van der Waals surface area (Å²) in [5.74, 6) is 0.910. The summed E-state index contributed by atoms with van der Waals surface area (Å²) in [6, 6.07) is 20.7. The van der Waals surface area contributed by atoms with E-state index < -0.39 is 0 Å². The lowest BCUT2D eigenvalue weighted by Gasteiger charge is -2.05. The van der Waals surface area contributed by atoms with Crippen LogP contribution >= 0.6 is 23.4 Å².